The van der Waals surface area contributed by atoms with E-state index in [2.05, 4.69) is 10.9 Å². The molecule has 1 aliphatic rings. The van der Waals surface area contributed by atoms with E-state index in [1.807, 2.05) is 0 Å². The van der Waals surface area contributed by atoms with Crippen molar-refractivity contribution in [2.24, 2.45) is 0 Å². The molecule has 8 heteroatoms. The van der Waals surface area contributed by atoms with Gasteiger partial charge in [0.05, 0.1) is 6.61 Å². The molecule has 5 unspecified atom stereocenters. The van der Waals surface area contributed by atoms with E-state index in [1.54, 1.807) is 30.3 Å². The Hall–Kier alpha value is -1.55. The lowest BCUT2D eigenvalue weighted by atomic mass is 9.99. The maximum atomic E-state index is 11.8. The first-order valence-electron chi connectivity index (χ1n) is 6.46. The maximum absolute atomic E-state index is 11.8. The minimum atomic E-state index is -1.50. The van der Waals surface area contributed by atoms with Gasteiger partial charge in [-0.15, -0.1) is 0 Å². The molecular weight excluding hydrogens is 280 g/mol. The highest BCUT2D eigenvalue weighted by Crippen LogP contribution is 2.19. The molecule has 1 aromatic rings. The van der Waals surface area contributed by atoms with Crippen molar-refractivity contribution >= 4 is 5.91 Å². The molecule has 1 aliphatic heterocycles. The molecule has 116 valence electrons. The van der Waals surface area contributed by atoms with Crippen LogP contribution < -0.4 is 10.9 Å². The SMILES string of the molecule is O=C(NNC1OC(CO)C(O)C(O)C1O)c1ccccc1. The van der Waals surface area contributed by atoms with Gasteiger partial charge in [-0.2, -0.15) is 0 Å². The summed E-state index contributed by atoms with van der Waals surface area (Å²) >= 11 is 0. The summed E-state index contributed by atoms with van der Waals surface area (Å²) in [6, 6.07) is 8.36. The molecule has 1 aromatic carbocycles. The van der Waals surface area contributed by atoms with Gasteiger partial charge in [0.2, 0.25) is 0 Å². The fourth-order valence-corrected chi connectivity index (χ4v) is 2.02. The number of hydrazine groups is 1. The zero-order chi connectivity index (χ0) is 15.4. The van der Waals surface area contributed by atoms with E-state index in [0.29, 0.717) is 5.56 Å². The van der Waals surface area contributed by atoms with Crippen molar-refractivity contribution in [3.05, 3.63) is 35.9 Å². The fraction of sp³-hybridized carbons (Fsp3) is 0.462. The van der Waals surface area contributed by atoms with Gasteiger partial charge in [-0.3, -0.25) is 10.2 Å². The van der Waals surface area contributed by atoms with Crippen LogP contribution in [0.15, 0.2) is 30.3 Å². The first-order chi connectivity index (χ1) is 10.0. The van der Waals surface area contributed by atoms with Crippen LogP contribution in [0.4, 0.5) is 0 Å². The molecule has 0 aliphatic carbocycles. The Balaban J connectivity index is 1.94. The zero-order valence-electron chi connectivity index (χ0n) is 11.1. The van der Waals surface area contributed by atoms with Crippen molar-refractivity contribution in [3.8, 4) is 0 Å². The fourth-order valence-electron chi connectivity index (χ4n) is 2.02. The van der Waals surface area contributed by atoms with Crippen LogP contribution in [0.3, 0.4) is 0 Å². The van der Waals surface area contributed by atoms with E-state index in [0.717, 1.165) is 0 Å². The lowest BCUT2D eigenvalue weighted by molar-refractivity contribution is -0.238. The van der Waals surface area contributed by atoms with Crippen molar-refractivity contribution in [3.63, 3.8) is 0 Å². The molecule has 2 rings (SSSR count). The molecule has 1 heterocycles. The molecule has 0 aromatic heterocycles. The first kappa shape index (κ1) is 15.8. The lowest BCUT2D eigenvalue weighted by Crippen LogP contribution is -2.64. The Morgan fingerprint density at radius 3 is 2.38 bits per heavy atom. The van der Waals surface area contributed by atoms with E-state index in [-0.39, 0.29) is 0 Å². The minimum absolute atomic E-state index is 0.398. The van der Waals surface area contributed by atoms with Gasteiger partial charge in [0.15, 0.2) is 6.23 Å². The number of rotatable bonds is 4. The van der Waals surface area contributed by atoms with Gasteiger partial charge in [-0.05, 0) is 12.1 Å². The summed E-state index contributed by atoms with van der Waals surface area (Å²) in [5.41, 5.74) is 5.16. The maximum Gasteiger partial charge on any atom is 0.265 e. The Kier molecular flexibility index (Phi) is 5.23. The number of aliphatic hydroxyl groups excluding tert-OH is 4. The van der Waals surface area contributed by atoms with Crippen LogP contribution in [-0.4, -0.2) is 63.6 Å². The standard InChI is InChI=1S/C13H18N2O6/c16-6-8-9(17)10(18)11(19)13(21-8)15-14-12(20)7-4-2-1-3-5-7/h1-5,8-11,13,15-19H,6H2,(H,14,20). The molecule has 1 amide bonds. The van der Waals surface area contributed by atoms with Crippen molar-refractivity contribution < 1.29 is 30.0 Å². The zero-order valence-corrected chi connectivity index (χ0v) is 11.1. The minimum Gasteiger partial charge on any atom is -0.394 e. The normalized spacial score (nSPS) is 32.7. The van der Waals surface area contributed by atoms with Crippen LogP contribution in [0.5, 0.6) is 0 Å². The lowest BCUT2D eigenvalue weighted by Gasteiger charge is -2.40. The molecule has 5 atom stereocenters. The predicted octanol–water partition coefficient (Wildman–Crippen LogP) is -2.28. The summed E-state index contributed by atoms with van der Waals surface area (Å²) in [6.45, 7) is -0.532. The van der Waals surface area contributed by atoms with Gasteiger partial charge >= 0.3 is 0 Å². The summed E-state index contributed by atoms with van der Waals surface area (Å²) in [7, 11) is 0. The van der Waals surface area contributed by atoms with Gasteiger partial charge < -0.3 is 25.2 Å². The van der Waals surface area contributed by atoms with Crippen molar-refractivity contribution in [1.29, 1.82) is 0 Å². The second kappa shape index (κ2) is 6.94. The second-order valence-corrected chi connectivity index (χ2v) is 4.71. The van der Waals surface area contributed by atoms with Crippen LogP contribution in [-0.2, 0) is 4.74 Å². The third kappa shape index (κ3) is 3.56. The third-order valence-corrected chi connectivity index (χ3v) is 3.26. The number of nitrogens with one attached hydrogen (secondary N) is 2. The van der Waals surface area contributed by atoms with E-state index in [4.69, 9.17) is 9.84 Å². The molecule has 0 spiro atoms. The van der Waals surface area contributed by atoms with Crippen molar-refractivity contribution in [2.75, 3.05) is 6.61 Å². The highest BCUT2D eigenvalue weighted by atomic mass is 16.6. The molecule has 1 saturated heterocycles. The van der Waals surface area contributed by atoms with E-state index in [9.17, 15) is 20.1 Å². The van der Waals surface area contributed by atoms with Crippen LogP contribution in [0.1, 0.15) is 10.4 Å². The molecule has 0 bridgehead atoms. The van der Waals surface area contributed by atoms with Gasteiger partial charge in [0.1, 0.15) is 24.4 Å². The molecule has 0 radical (unpaired) electrons. The van der Waals surface area contributed by atoms with Crippen LogP contribution in [0.2, 0.25) is 0 Å². The molecule has 0 saturated carbocycles. The van der Waals surface area contributed by atoms with Gasteiger partial charge in [0, 0.05) is 5.56 Å². The topological polar surface area (TPSA) is 131 Å². The Morgan fingerprint density at radius 2 is 1.76 bits per heavy atom. The summed E-state index contributed by atoms with van der Waals surface area (Å²) < 4.78 is 5.18. The monoisotopic (exact) mass is 298 g/mol. The number of hydrogen-bond acceptors (Lipinski definition) is 7. The summed E-state index contributed by atoms with van der Waals surface area (Å²) in [5, 5.41) is 38.0. The average Bonchev–Trinajstić information content (AvgIpc) is 2.52. The Morgan fingerprint density at radius 1 is 1.10 bits per heavy atom. The van der Waals surface area contributed by atoms with E-state index < -0.39 is 43.2 Å². The molecular formula is C13H18N2O6. The molecule has 6 N–H and O–H groups in total. The number of carbonyl (C=O) groups excluding carboxylic acids is 1. The number of aliphatic hydroxyl groups is 4. The third-order valence-electron chi connectivity index (χ3n) is 3.26. The summed E-state index contributed by atoms with van der Waals surface area (Å²) in [4.78, 5) is 11.8. The summed E-state index contributed by atoms with van der Waals surface area (Å²) in [5.74, 6) is -0.451. The van der Waals surface area contributed by atoms with Gasteiger partial charge in [0.25, 0.3) is 5.91 Å². The number of ether oxygens (including phenoxy) is 1. The molecule has 1 fully saturated rings. The summed E-state index contributed by atoms with van der Waals surface area (Å²) in [6.07, 6.45) is -6.59. The van der Waals surface area contributed by atoms with Gasteiger partial charge in [-0.25, -0.2) is 5.43 Å². The van der Waals surface area contributed by atoms with Crippen LogP contribution in [0, 0.1) is 0 Å². The smallest absolute Gasteiger partial charge is 0.265 e. The largest absolute Gasteiger partial charge is 0.394 e. The molecule has 21 heavy (non-hydrogen) atoms. The van der Waals surface area contributed by atoms with Gasteiger partial charge in [-0.1, -0.05) is 18.2 Å². The number of benzene rings is 1. The highest BCUT2D eigenvalue weighted by Gasteiger charge is 2.43. The first-order valence-corrected chi connectivity index (χ1v) is 6.46. The molecule has 8 nitrogen and oxygen atoms in total. The Bertz CT molecular complexity index is 469. The second-order valence-electron chi connectivity index (χ2n) is 4.71. The number of carbonyl (C=O) groups is 1. The van der Waals surface area contributed by atoms with Crippen molar-refractivity contribution in [2.45, 2.75) is 30.6 Å². The van der Waals surface area contributed by atoms with Crippen LogP contribution in [0.25, 0.3) is 0 Å². The average molecular weight is 298 g/mol. The Labute approximate surface area is 121 Å². The van der Waals surface area contributed by atoms with Crippen LogP contribution >= 0.6 is 0 Å². The highest BCUT2D eigenvalue weighted by molar-refractivity contribution is 5.93. The van der Waals surface area contributed by atoms with Crippen molar-refractivity contribution in [1.82, 2.24) is 10.9 Å². The predicted molar refractivity (Wildman–Crippen MR) is 70.8 cm³/mol. The van der Waals surface area contributed by atoms with E-state index >= 15 is 0 Å². The quantitative estimate of drug-likeness (QED) is 0.345. The number of hydrogen-bond donors (Lipinski definition) is 6. The number of amides is 1. The van der Waals surface area contributed by atoms with E-state index in [1.165, 1.54) is 0 Å².